The number of hydrogen-bond donors (Lipinski definition) is 2. The Bertz CT molecular complexity index is 930. The first-order valence-electron chi connectivity index (χ1n) is 8.79. The fourth-order valence-electron chi connectivity index (χ4n) is 3.29. The van der Waals surface area contributed by atoms with E-state index in [1.165, 1.54) is 19.5 Å². The molecule has 2 unspecified atom stereocenters. The number of hydrogen-bond acceptors (Lipinski definition) is 6. The van der Waals surface area contributed by atoms with Crippen LogP contribution in [0.5, 0.6) is 5.88 Å². The fourth-order valence-corrected chi connectivity index (χ4v) is 3.29. The number of carbonyl (C=O) groups excluding carboxylic acids is 1. The highest BCUT2D eigenvalue weighted by Crippen LogP contribution is 2.44. The molecule has 1 aromatic heterocycles. The number of nitrogens with zero attached hydrogens (tertiary/aromatic N) is 3. The number of alkyl halides is 3. The van der Waals surface area contributed by atoms with Crippen LogP contribution in [0.2, 0.25) is 0 Å². The van der Waals surface area contributed by atoms with Gasteiger partial charge >= 0.3 is 6.18 Å². The van der Waals surface area contributed by atoms with E-state index in [0.717, 1.165) is 0 Å². The lowest BCUT2D eigenvalue weighted by Gasteiger charge is -2.36. The second kappa shape index (κ2) is 7.69. The first kappa shape index (κ1) is 20.6. The predicted octanol–water partition coefficient (Wildman–Crippen LogP) is 3.28. The van der Waals surface area contributed by atoms with Crippen LogP contribution in [0.15, 0.2) is 41.7 Å². The molecule has 0 aliphatic carbocycles. The first-order chi connectivity index (χ1) is 13.6. The van der Waals surface area contributed by atoms with E-state index in [-0.39, 0.29) is 30.3 Å². The van der Waals surface area contributed by atoms with Gasteiger partial charge in [0.05, 0.1) is 36.8 Å². The Balaban J connectivity index is 1.83. The van der Waals surface area contributed by atoms with Gasteiger partial charge in [0.15, 0.2) is 0 Å². The molecule has 3 rings (SSSR count). The number of anilines is 1. The molecule has 1 aromatic carbocycles. The molecule has 2 aromatic rings. The van der Waals surface area contributed by atoms with Crippen LogP contribution in [0.4, 0.5) is 18.9 Å². The smallest absolute Gasteiger partial charge is 0.392 e. The molecule has 154 valence electrons. The first-order valence-corrected chi connectivity index (χ1v) is 8.79. The number of rotatable bonds is 4. The molecule has 7 nitrogen and oxygen atoms in total. The molecular weight excluding hydrogens is 387 g/mol. The molecular formula is C19H20F3N5O2. The Kier molecular flexibility index (Phi) is 5.45. The molecule has 1 aliphatic heterocycles. The van der Waals surface area contributed by atoms with Gasteiger partial charge in [-0.3, -0.25) is 9.79 Å². The van der Waals surface area contributed by atoms with Gasteiger partial charge < -0.3 is 15.8 Å². The zero-order valence-electron chi connectivity index (χ0n) is 15.8. The summed E-state index contributed by atoms with van der Waals surface area (Å²) in [7, 11) is 1.43. The van der Waals surface area contributed by atoms with Crippen LogP contribution in [-0.2, 0) is 5.54 Å². The summed E-state index contributed by atoms with van der Waals surface area (Å²) in [5.41, 5.74) is 5.55. The van der Waals surface area contributed by atoms with Crippen molar-refractivity contribution in [1.82, 2.24) is 9.97 Å². The standard InChI is InChI=1S/C19H20F3N5O2/c1-18(8-12(19(20,21)22)7-15(23)27-18)11-4-3-5-13(6-11)26-17(28)14-9-25-16(29-2)10-24-14/h3-6,9-10,12H,7-8H2,1-2H3,(H2,23,27)(H,26,28). The van der Waals surface area contributed by atoms with Gasteiger partial charge in [-0.2, -0.15) is 13.2 Å². The second-order valence-corrected chi connectivity index (χ2v) is 7.00. The Labute approximate surface area is 165 Å². The topological polar surface area (TPSA) is 102 Å². The van der Waals surface area contributed by atoms with Crippen molar-refractivity contribution in [2.45, 2.75) is 31.5 Å². The number of benzene rings is 1. The molecule has 1 aliphatic rings. The second-order valence-electron chi connectivity index (χ2n) is 7.00. The van der Waals surface area contributed by atoms with Crippen LogP contribution in [0.25, 0.3) is 0 Å². The van der Waals surface area contributed by atoms with Crippen molar-refractivity contribution in [3.8, 4) is 5.88 Å². The third kappa shape index (κ3) is 4.64. The van der Waals surface area contributed by atoms with Crippen molar-refractivity contribution in [2.75, 3.05) is 12.4 Å². The summed E-state index contributed by atoms with van der Waals surface area (Å²) in [4.78, 5) is 24.5. The van der Waals surface area contributed by atoms with Crippen LogP contribution in [0, 0.1) is 5.92 Å². The summed E-state index contributed by atoms with van der Waals surface area (Å²) >= 11 is 0. The number of halogens is 3. The molecule has 2 atom stereocenters. The van der Waals surface area contributed by atoms with E-state index in [1.54, 1.807) is 31.2 Å². The number of carbonyl (C=O) groups is 1. The predicted molar refractivity (Wildman–Crippen MR) is 101 cm³/mol. The van der Waals surface area contributed by atoms with E-state index in [4.69, 9.17) is 10.5 Å². The number of nitrogens with two attached hydrogens (primary N) is 1. The maximum Gasteiger partial charge on any atom is 0.392 e. The minimum Gasteiger partial charge on any atom is -0.480 e. The fraction of sp³-hybridized carbons (Fsp3) is 0.368. The SMILES string of the molecule is COc1cnc(C(=O)Nc2cccc(C3(C)CC(C(F)(F)F)CC(N)=N3)c2)cn1. The Morgan fingerprint density at radius 3 is 2.69 bits per heavy atom. The number of ether oxygens (including phenoxy) is 1. The Morgan fingerprint density at radius 2 is 2.07 bits per heavy atom. The summed E-state index contributed by atoms with van der Waals surface area (Å²) in [5, 5.41) is 2.66. The van der Waals surface area contributed by atoms with Gasteiger partial charge in [-0.15, -0.1) is 0 Å². The van der Waals surface area contributed by atoms with Crippen molar-refractivity contribution >= 4 is 17.4 Å². The largest absolute Gasteiger partial charge is 0.480 e. The highest BCUT2D eigenvalue weighted by atomic mass is 19.4. The zero-order valence-corrected chi connectivity index (χ0v) is 15.8. The third-order valence-corrected chi connectivity index (χ3v) is 4.76. The molecule has 3 N–H and O–H groups in total. The lowest BCUT2D eigenvalue weighted by atomic mass is 9.79. The van der Waals surface area contributed by atoms with E-state index in [1.807, 2.05) is 0 Å². The molecule has 0 spiro atoms. The van der Waals surface area contributed by atoms with E-state index in [2.05, 4.69) is 20.3 Å². The molecule has 29 heavy (non-hydrogen) atoms. The van der Waals surface area contributed by atoms with E-state index < -0.39 is 23.5 Å². The van der Waals surface area contributed by atoms with Gasteiger partial charge in [-0.25, -0.2) is 9.97 Å². The molecule has 10 heteroatoms. The Morgan fingerprint density at radius 1 is 1.31 bits per heavy atom. The van der Waals surface area contributed by atoms with E-state index in [0.29, 0.717) is 11.3 Å². The molecule has 0 saturated carbocycles. The van der Waals surface area contributed by atoms with Crippen molar-refractivity contribution in [1.29, 1.82) is 0 Å². The van der Waals surface area contributed by atoms with Gasteiger partial charge in [0, 0.05) is 12.1 Å². The number of aromatic nitrogens is 2. The minimum absolute atomic E-state index is 0.0379. The highest BCUT2D eigenvalue weighted by molar-refractivity contribution is 6.02. The zero-order chi connectivity index (χ0) is 21.2. The monoisotopic (exact) mass is 407 g/mol. The number of methoxy groups -OCH3 is 1. The van der Waals surface area contributed by atoms with Crippen LogP contribution < -0.4 is 15.8 Å². The number of nitrogens with one attached hydrogen (secondary N) is 1. The highest BCUT2D eigenvalue weighted by Gasteiger charge is 2.47. The number of amidine groups is 1. The van der Waals surface area contributed by atoms with Crippen molar-refractivity contribution < 1.29 is 22.7 Å². The average Bonchev–Trinajstić information content (AvgIpc) is 2.67. The summed E-state index contributed by atoms with van der Waals surface area (Å²) in [5.74, 6) is -1.85. The van der Waals surface area contributed by atoms with Crippen LogP contribution in [-0.4, -0.2) is 35.0 Å². The quantitative estimate of drug-likeness (QED) is 0.810. The summed E-state index contributed by atoms with van der Waals surface area (Å²) in [6, 6.07) is 6.51. The van der Waals surface area contributed by atoms with Gasteiger partial charge in [0.1, 0.15) is 5.69 Å². The molecule has 2 heterocycles. The van der Waals surface area contributed by atoms with Crippen molar-refractivity contribution in [3.05, 3.63) is 47.9 Å². The maximum atomic E-state index is 13.3. The summed E-state index contributed by atoms with van der Waals surface area (Å²) < 4.78 is 44.7. The van der Waals surface area contributed by atoms with E-state index in [9.17, 15) is 18.0 Å². The van der Waals surface area contributed by atoms with Gasteiger partial charge in [-0.05, 0) is 31.0 Å². The maximum absolute atomic E-state index is 13.3. The Hall–Kier alpha value is -3.17. The van der Waals surface area contributed by atoms with Crippen LogP contribution in [0.3, 0.4) is 0 Å². The molecule has 0 bridgehead atoms. The lowest BCUT2D eigenvalue weighted by molar-refractivity contribution is -0.179. The van der Waals surface area contributed by atoms with Crippen molar-refractivity contribution in [3.63, 3.8) is 0 Å². The normalized spacial score (nSPS) is 22.0. The van der Waals surface area contributed by atoms with Crippen LogP contribution >= 0.6 is 0 Å². The summed E-state index contributed by atoms with van der Waals surface area (Å²) in [6.07, 6.45) is -2.33. The summed E-state index contributed by atoms with van der Waals surface area (Å²) in [6.45, 7) is 1.60. The van der Waals surface area contributed by atoms with Gasteiger partial charge in [-0.1, -0.05) is 12.1 Å². The van der Waals surface area contributed by atoms with Gasteiger partial charge in [0.2, 0.25) is 5.88 Å². The number of amides is 1. The number of aliphatic imine (C=N–C) groups is 1. The molecule has 1 amide bonds. The van der Waals surface area contributed by atoms with E-state index >= 15 is 0 Å². The molecule has 0 radical (unpaired) electrons. The van der Waals surface area contributed by atoms with Crippen molar-refractivity contribution in [2.24, 2.45) is 16.6 Å². The molecule has 0 fully saturated rings. The minimum atomic E-state index is -4.36. The van der Waals surface area contributed by atoms with Crippen LogP contribution in [0.1, 0.15) is 35.8 Å². The average molecular weight is 407 g/mol. The third-order valence-electron chi connectivity index (χ3n) is 4.76. The molecule has 0 saturated heterocycles. The lowest BCUT2D eigenvalue weighted by Crippen LogP contribution is -2.40. The van der Waals surface area contributed by atoms with Gasteiger partial charge in [0.25, 0.3) is 5.91 Å².